The number of pyridine rings is 1. The van der Waals surface area contributed by atoms with E-state index in [4.69, 9.17) is 11.6 Å². The Morgan fingerprint density at radius 2 is 2.14 bits per heavy atom. The summed E-state index contributed by atoms with van der Waals surface area (Å²) in [4.78, 5) is 25.1. The van der Waals surface area contributed by atoms with E-state index in [-0.39, 0.29) is 5.91 Å². The van der Waals surface area contributed by atoms with Crippen LogP contribution in [0.3, 0.4) is 0 Å². The minimum atomic E-state index is 0.151. The largest absolute Gasteiger partial charge is 0.348 e. The van der Waals surface area contributed by atoms with Crippen LogP contribution in [0.5, 0.6) is 0 Å². The van der Waals surface area contributed by atoms with E-state index >= 15 is 0 Å². The third-order valence-electron chi connectivity index (χ3n) is 3.84. The van der Waals surface area contributed by atoms with E-state index in [1.807, 2.05) is 22.7 Å². The second-order valence-corrected chi connectivity index (χ2v) is 7.38. The van der Waals surface area contributed by atoms with Crippen molar-refractivity contribution in [3.63, 3.8) is 0 Å². The number of hydrogen-bond acceptors (Lipinski definition) is 5. The normalized spacial score (nSPS) is 21.9. The van der Waals surface area contributed by atoms with E-state index in [2.05, 4.69) is 21.8 Å². The fraction of sp³-hybridized carbons (Fsp3) is 0.533. The van der Waals surface area contributed by atoms with Crippen LogP contribution in [0.4, 0.5) is 0 Å². The van der Waals surface area contributed by atoms with Crippen molar-refractivity contribution >= 4 is 34.4 Å². The number of carbonyl (C=O) groups is 1. The Bertz CT molecular complexity index is 569. The molecule has 0 saturated carbocycles. The third kappa shape index (κ3) is 3.73. The number of aromatic nitrogens is 1. The van der Waals surface area contributed by atoms with Gasteiger partial charge in [-0.3, -0.25) is 9.79 Å². The molecule has 0 aromatic carbocycles. The molecule has 1 saturated heterocycles. The maximum Gasteiger partial charge on any atom is 0.227 e. The van der Waals surface area contributed by atoms with Crippen LogP contribution in [0, 0.1) is 0 Å². The molecule has 1 aromatic rings. The van der Waals surface area contributed by atoms with Gasteiger partial charge in [-0.2, -0.15) is 0 Å². The Kier molecular flexibility index (Phi) is 4.88. The number of piperazine rings is 1. The van der Waals surface area contributed by atoms with Gasteiger partial charge in [0.25, 0.3) is 0 Å². The summed E-state index contributed by atoms with van der Waals surface area (Å²) in [6.07, 6.45) is 2.05. The van der Waals surface area contributed by atoms with Gasteiger partial charge in [0.2, 0.25) is 5.91 Å². The molecule has 1 amide bonds. The fourth-order valence-corrected chi connectivity index (χ4v) is 3.68. The highest BCUT2D eigenvalue weighted by molar-refractivity contribution is 8.14. The summed E-state index contributed by atoms with van der Waals surface area (Å²) in [6, 6.07) is 3.58. The maximum atomic E-state index is 12.3. The summed E-state index contributed by atoms with van der Waals surface area (Å²) in [6.45, 7) is 6.34. The van der Waals surface area contributed by atoms with Crippen molar-refractivity contribution < 1.29 is 4.79 Å². The molecule has 2 aliphatic rings. The van der Waals surface area contributed by atoms with Crippen molar-refractivity contribution in [3.05, 3.63) is 29.0 Å². The average Bonchev–Trinajstić information content (AvgIpc) is 2.96. The van der Waals surface area contributed by atoms with Gasteiger partial charge in [-0.15, -0.1) is 0 Å². The molecule has 0 spiro atoms. The molecule has 1 atom stereocenters. The quantitative estimate of drug-likeness (QED) is 0.773. The molecular formula is C15H19ClN4OS. The van der Waals surface area contributed by atoms with Gasteiger partial charge < -0.3 is 9.80 Å². The van der Waals surface area contributed by atoms with Crippen LogP contribution in [-0.2, 0) is 11.2 Å². The first-order chi connectivity index (χ1) is 10.6. The van der Waals surface area contributed by atoms with E-state index in [1.165, 1.54) is 0 Å². The Labute approximate surface area is 139 Å². The Balaban J connectivity index is 1.50. The molecule has 0 radical (unpaired) electrons. The van der Waals surface area contributed by atoms with Gasteiger partial charge in [-0.25, -0.2) is 4.98 Å². The zero-order chi connectivity index (χ0) is 15.5. The van der Waals surface area contributed by atoms with Crippen LogP contribution in [0.25, 0.3) is 0 Å². The molecule has 0 bridgehead atoms. The lowest BCUT2D eigenvalue weighted by molar-refractivity contribution is -0.131. The highest BCUT2D eigenvalue weighted by atomic mass is 35.5. The monoisotopic (exact) mass is 338 g/mol. The number of amides is 1. The lowest BCUT2D eigenvalue weighted by Crippen LogP contribution is -2.50. The van der Waals surface area contributed by atoms with Crippen molar-refractivity contribution in [2.75, 3.05) is 32.7 Å². The molecule has 7 heteroatoms. The number of hydrogen-bond donors (Lipinski definition) is 0. The second-order valence-electron chi connectivity index (χ2n) is 5.59. The summed E-state index contributed by atoms with van der Waals surface area (Å²) >= 11 is 7.60. The van der Waals surface area contributed by atoms with Crippen LogP contribution in [0.15, 0.2) is 23.3 Å². The van der Waals surface area contributed by atoms with E-state index in [0.717, 1.165) is 43.5 Å². The van der Waals surface area contributed by atoms with Crippen molar-refractivity contribution in [3.8, 4) is 0 Å². The summed E-state index contributed by atoms with van der Waals surface area (Å²) in [5, 5.41) is 2.17. The van der Waals surface area contributed by atoms with Gasteiger partial charge in [-0.05, 0) is 11.6 Å². The van der Waals surface area contributed by atoms with Crippen molar-refractivity contribution in [2.24, 2.45) is 4.99 Å². The molecule has 5 nitrogen and oxygen atoms in total. The number of aliphatic imine (C=N–C) groups is 1. The molecule has 2 aliphatic heterocycles. The van der Waals surface area contributed by atoms with Gasteiger partial charge in [-0.1, -0.05) is 36.4 Å². The number of amidine groups is 1. The molecule has 0 unspecified atom stereocenters. The Hall–Kier alpha value is -1.27. The van der Waals surface area contributed by atoms with Gasteiger partial charge in [0.05, 0.1) is 13.0 Å². The third-order valence-corrected chi connectivity index (χ3v) is 5.21. The molecule has 1 fully saturated rings. The Morgan fingerprint density at radius 3 is 2.73 bits per heavy atom. The summed E-state index contributed by atoms with van der Waals surface area (Å²) in [7, 11) is 0. The predicted octanol–water partition coefficient (Wildman–Crippen LogP) is 1.91. The minimum Gasteiger partial charge on any atom is -0.348 e. The van der Waals surface area contributed by atoms with E-state index in [1.54, 1.807) is 12.3 Å². The number of nitrogens with zero attached hydrogens (tertiary/aromatic N) is 4. The minimum absolute atomic E-state index is 0.151. The van der Waals surface area contributed by atoms with E-state index in [0.29, 0.717) is 16.8 Å². The molecule has 118 valence electrons. The first-order valence-electron chi connectivity index (χ1n) is 7.46. The molecule has 3 heterocycles. The summed E-state index contributed by atoms with van der Waals surface area (Å²) in [5.74, 6) is 0.151. The maximum absolute atomic E-state index is 12.3. The lowest BCUT2D eigenvalue weighted by Gasteiger charge is -2.35. The standard InChI is InChI=1S/C15H19ClN4OS/c1-11-9-18-15(22-11)20-6-4-19(5-7-20)14(21)8-12-2-3-13(16)17-10-12/h2-3,10-11H,4-9H2,1H3/t11-/m0/s1. The van der Waals surface area contributed by atoms with Crippen LogP contribution in [-0.4, -0.2) is 63.8 Å². The Morgan fingerprint density at radius 1 is 1.36 bits per heavy atom. The van der Waals surface area contributed by atoms with Crippen LogP contribution in [0.1, 0.15) is 12.5 Å². The smallest absolute Gasteiger partial charge is 0.227 e. The lowest BCUT2D eigenvalue weighted by atomic mass is 10.2. The average molecular weight is 339 g/mol. The van der Waals surface area contributed by atoms with E-state index < -0.39 is 0 Å². The molecule has 0 aliphatic carbocycles. The zero-order valence-electron chi connectivity index (χ0n) is 12.5. The molecule has 1 aromatic heterocycles. The molecular weight excluding hydrogens is 320 g/mol. The highest BCUT2D eigenvalue weighted by Gasteiger charge is 2.26. The van der Waals surface area contributed by atoms with Crippen molar-refractivity contribution in [2.45, 2.75) is 18.6 Å². The zero-order valence-corrected chi connectivity index (χ0v) is 14.1. The summed E-state index contributed by atoms with van der Waals surface area (Å²) in [5.41, 5.74) is 0.904. The first kappa shape index (κ1) is 15.6. The molecule has 3 rings (SSSR count). The molecule has 22 heavy (non-hydrogen) atoms. The number of rotatable bonds is 2. The van der Waals surface area contributed by atoms with Gasteiger partial charge >= 0.3 is 0 Å². The second kappa shape index (κ2) is 6.87. The van der Waals surface area contributed by atoms with Crippen LogP contribution >= 0.6 is 23.4 Å². The van der Waals surface area contributed by atoms with Gasteiger partial charge in [0.1, 0.15) is 5.15 Å². The summed E-state index contributed by atoms with van der Waals surface area (Å²) < 4.78 is 0. The van der Waals surface area contributed by atoms with E-state index in [9.17, 15) is 4.79 Å². The fourth-order valence-electron chi connectivity index (χ4n) is 2.58. The number of halogens is 1. The SMILES string of the molecule is C[C@H]1CN=C(N2CCN(C(=O)Cc3ccc(Cl)nc3)CC2)S1. The van der Waals surface area contributed by atoms with Crippen LogP contribution in [0.2, 0.25) is 5.15 Å². The van der Waals surface area contributed by atoms with Crippen LogP contribution < -0.4 is 0 Å². The predicted molar refractivity (Wildman–Crippen MR) is 90.5 cm³/mol. The van der Waals surface area contributed by atoms with Crippen molar-refractivity contribution in [1.82, 2.24) is 14.8 Å². The highest BCUT2D eigenvalue weighted by Crippen LogP contribution is 2.23. The van der Waals surface area contributed by atoms with Gasteiger partial charge in [0, 0.05) is 37.6 Å². The molecule has 0 N–H and O–H groups in total. The number of carbonyl (C=O) groups excluding carboxylic acids is 1. The first-order valence-corrected chi connectivity index (χ1v) is 8.72. The van der Waals surface area contributed by atoms with Gasteiger partial charge in [0.15, 0.2) is 5.17 Å². The number of thioether (sulfide) groups is 1. The topological polar surface area (TPSA) is 48.8 Å². The van der Waals surface area contributed by atoms with Crippen molar-refractivity contribution in [1.29, 1.82) is 0 Å².